The zero-order valence-electron chi connectivity index (χ0n) is 11.9. The van der Waals surface area contributed by atoms with E-state index in [9.17, 15) is 4.79 Å². The van der Waals surface area contributed by atoms with Gasteiger partial charge in [-0.15, -0.1) is 11.8 Å². The summed E-state index contributed by atoms with van der Waals surface area (Å²) in [5, 5.41) is 3.20. The highest BCUT2D eigenvalue weighted by atomic mass is 79.9. The molecule has 2 nitrogen and oxygen atoms in total. The lowest BCUT2D eigenvalue weighted by molar-refractivity contribution is -0.119. The Balaban J connectivity index is 1.71. The lowest BCUT2D eigenvalue weighted by atomic mass is 9.86. The van der Waals surface area contributed by atoms with Crippen LogP contribution in [-0.4, -0.2) is 17.7 Å². The average Bonchev–Trinajstić information content (AvgIpc) is 2.43. The van der Waals surface area contributed by atoms with Crippen LogP contribution in [0.5, 0.6) is 0 Å². The van der Waals surface area contributed by atoms with Crippen LogP contribution in [0.2, 0.25) is 0 Å². The SMILES string of the molecule is CC1CCCCC1NC(=O)CSCc1ccccc1Br. The molecule has 0 heterocycles. The Morgan fingerprint density at radius 1 is 1.35 bits per heavy atom. The van der Waals surface area contributed by atoms with Crippen molar-refractivity contribution in [2.75, 3.05) is 5.75 Å². The Kier molecular flexibility index (Phi) is 6.43. The van der Waals surface area contributed by atoms with E-state index in [2.05, 4.69) is 34.2 Å². The van der Waals surface area contributed by atoms with Gasteiger partial charge in [-0.3, -0.25) is 4.79 Å². The molecular formula is C16H22BrNOS. The molecule has 2 rings (SSSR count). The number of thioether (sulfide) groups is 1. The van der Waals surface area contributed by atoms with Gasteiger partial charge in [-0.2, -0.15) is 0 Å². The molecule has 1 fully saturated rings. The van der Waals surface area contributed by atoms with Crippen molar-refractivity contribution >= 4 is 33.6 Å². The Bertz CT molecular complexity index is 452. The van der Waals surface area contributed by atoms with Gasteiger partial charge in [0.1, 0.15) is 0 Å². The van der Waals surface area contributed by atoms with E-state index >= 15 is 0 Å². The Morgan fingerprint density at radius 3 is 2.85 bits per heavy atom. The van der Waals surface area contributed by atoms with Crippen molar-refractivity contribution in [1.82, 2.24) is 5.32 Å². The monoisotopic (exact) mass is 355 g/mol. The molecule has 1 amide bonds. The van der Waals surface area contributed by atoms with Crippen LogP contribution in [0, 0.1) is 5.92 Å². The highest BCUT2D eigenvalue weighted by Gasteiger charge is 2.22. The lowest BCUT2D eigenvalue weighted by Gasteiger charge is -2.29. The fourth-order valence-electron chi connectivity index (χ4n) is 2.65. The molecular weight excluding hydrogens is 334 g/mol. The fraction of sp³-hybridized carbons (Fsp3) is 0.562. The first-order chi connectivity index (χ1) is 9.66. The van der Waals surface area contributed by atoms with Gasteiger partial charge in [0, 0.05) is 16.3 Å². The summed E-state index contributed by atoms with van der Waals surface area (Å²) in [6, 6.07) is 8.57. The van der Waals surface area contributed by atoms with Crippen molar-refractivity contribution in [2.24, 2.45) is 5.92 Å². The number of rotatable bonds is 5. The first-order valence-electron chi connectivity index (χ1n) is 7.27. The molecule has 110 valence electrons. The van der Waals surface area contributed by atoms with Gasteiger partial charge in [-0.25, -0.2) is 0 Å². The Morgan fingerprint density at radius 2 is 2.10 bits per heavy atom. The molecule has 1 saturated carbocycles. The highest BCUT2D eigenvalue weighted by molar-refractivity contribution is 9.10. The van der Waals surface area contributed by atoms with E-state index in [0.717, 1.165) is 16.6 Å². The lowest BCUT2D eigenvalue weighted by Crippen LogP contribution is -2.41. The molecule has 2 unspecified atom stereocenters. The molecule has 1 N–H and O–H groups in total. The van der Waals surface area contributed by atoms with Crippen LogP contribution >= 0.6 is 27.7 Å². The van der Waals surface area contributed by atoms with Gasteiger partial charge in [0.2, 0.25) is 5.91 Å². The fourth-order valence-corrected chi connectivity index (χ4v) is 4.10. The average molecular weight is 356 g/mol. The minimum Gasteiger partial charge on any atom is -0.352 e. The molecule has 0 bridgehead atoms. The number of carbonyl (C=O) groups excluding carboxylic acids is 1. The highest BCUT2D eigenvalue weighted by Crippen LogP contribution is 2.24. The zero-order valence-corrected chi connectivity index (χ0v) is 14.3. The molecule has 1 aromatic carbocycles. The number of hydrogen-bond donors (Lipinski definition) is 1. The topological polar surface area (TPSA) is 29.1 Å². The number of nitrogens with one attached hydrogen (secondary N) is 1. The summed E-state index contributed by atoms with van der Waals surface area (Å²) in [7, 11) is 0. The van der Waals surface area contributed by atoms with Crippen molar-refractivity contribution in [3.8, 4) is 0 Å². The maximum Gasteiger partial charge on any atom is 0.230 e. The molecule has 4 heteroatoms. The summed E-state index contributed by atoms with van der Waals surface area (Å²) in [5.74, 6) is 2.22. The molecule has 0 aromatic heterocycles. The van der Waals surface area contributed by atoms with E-state index in [0.29, 0.717) is 17.7 Å². The summed E-state index contributed by atoms with van der Waals surface area (Å²) in [5.41, 5.74) is 1.25. The molecule has 20 heavy (non-hydrogen) atoms. The quantitative estimate of drug-likeness (QED) is 0.848. The van der Waals surface area contributed by atoms with E-state index < -0.39 is 0 Å². The molecule has 0 spiro atoms. The van der Waals surface area contributed by atoms with Crippen LogP contribution in [0.4, 0.5) is 0 Å². The minimum atomic E-state index is 0.181. The van der Waals surface area contributed by atoms with Crippen molar-refractivity contribution < 1.29 is 4.79 Å². The van der Waals surface area contributed by atoms with Gasteiger partial charge in [0.05, 0.1) is 5.75 Å². The third-order valence-electron chi connectivity index (χ3n) is 3.91. The van der Waals surface area contributed by atoms with Gasteiger partial charge in [0.25, 0.3) is 0 Å². The number of hydrogen-bond acceptors (Lipinski definition) is 2. The van der Waals surface area contributed by atoms with E-state index in [1.54, 1.807) is 11.8 Å². The van der Waals surface area contributed by atoms with Crippen LogP contribution in [0.15, 0.2) is 28.7 Å². The van der Waals surface area contributed by atoms with Crippen molar-refractivity contribution in [3.63, 3.8) is 0 Å². The summed E-state index contributed by atoms with van der Waals surface area (Å²) in [4.78, 5) is 12.0. The summed E-state index contributed by atoms with van der Waals surface area (Å²) in [6.45, 7) is 2.25. The second-order valence-electron chi connectivity index (χ2n) is 5.52. The van der Waals surface area contributed by atoms with Gasteiger partial charge < -0.3 is 5.32 Å². The maximum absolute atomic E-state index is 12.0. The third-order valence-corrected chi connectivity index (χ3v) is 5.66. The predicted octanol–water partition coefficient (Wildman–Crippen LogP) is 4.38. The van der Waals surface area contributed by atoms with Gasteiger partial charge in [-0.1, -0.05) is 53.9 Å². The van der Waals surface area contributed by atoms with Gasteiger partial charge in [-0.05, 0) is 30.4 Å². The van der Waals surface area contributed by atoms with E-state index in [-0.39, 0.29) is 5.91 Å². The summed E-state index contributed by atoms with van der Waals surface area (Å²) in [6.07, 6.45) is 4.95. The summed E-state index contributed by atoms with van der Waals surface area (Å²) >= 11 is 5.21. The van der Waals surface area contributed by atoms with E-state index in [1.165, 1.54) is 24.8 Å². The minimum absolute atomic E-state index is 0.181. The first-order valence-corrected chi connectivity index (χ1v) is 9.22. The molecule has 0 aliphatic heterocycles. The van der Waals surface area contributed by atoms with Crippen molar-refractivity contribution in [3.05, 3.63) is 34.3 Å². The Labute approximate surface area is 134 Å². The molecule has 1 aliphatic carbocycles. The smallest absolute Gasteiger partial charge is 0.230 e. The molecule has 1 aliphatic rings. The van der Waals surface area contributed by atoms with E-state index in [4.69, 9.17) is 0 Å². The zero-order chi connectivity index (χ0) is 14.4. The molecule has 0 saturated heterocycles. The predicted molar refractivity (Wildman–Crippen MR) is 89.9 cm³/mol. The largest absolute Gasteiger partial charge is 0.352 e. The number of benzene rings is 1. The molecule has 1 aromatic rings. The first kappa shape index (κ1) is 15.9. The van der Waals surface area contributed by atoms with Crippen LogP contribution < -0.4 is 5.32 Å². The van der Waals surface area contributed by atoms with Crippen LogP contribution in [0.25, 0.3) is 0 Å². The number of halogens is 1. The Hall–Kier alpha value is -0.480. The number of carbonyl (C=O) groups is 1. The molecule has 2 atom stereocenters. The van der Waals surface area contributed by atoms with Crippen LogP contribution in [0.3, 0.4) is 0 Å². The van der Waals surface area contributed by atoms with Crippen LogP contribution in [0.1, 0.15) is 38.2 Å². The third kappa shape index (κ3) is 4.81. The maximum atomic E-state index is 12.0. The molecule has 0 radical (unpaired) electrons. The van der Waals surface area contributed by atoms with Gasteiger partial charge in [0.15, 0.2) is 0 Å². The summed E-state index contributed by atoms with van der Waals surface area (Å²) < 4.78 is 1.12. The second kappa shape index (κ2) is 8.08. The standard InChI is InChI=1S/C16H22BrNOS/c1-12-6-2-5-9-15(12)18-16(19)11-20-10-13-7-3-4-8-14(13)17/h3-4,7-8,12,15H,2,5-6,9-11H2,1H3,(H,18,19). The van der Waals surface area contributed by atoms with Crippen molar-refractivity contribution in [2.45, 2.75) is 44.4 Å². The van der Waals surface area contributed by atoms with E-state index in [1.807, 2.05) is 18.2 Å². The number of amides is 1. The second-order valence-corrected chi connectivity index (χ2v) is 7.36. The van der Waals surface area contributed by atoms with Crippen LogP contribution in [-0.2, 0) is 10.5 Å². The van der Waals surface area contributed by atoms with Gasteiger partial charge >= 0.3 is 0 Å². The van der Waals surface area contributed by atoms with Crippen molar-refractivity contribution in [1.29, 1.82) is 0 Å². The normalized spacial score (nSPS) is 22.5.